The Kier molecular flexibility index (Phi) is 5.25. The number of ether oxygens (including phenoxy) is 1. The van der Waals surface area contributed by atoms with Crippen molar-refractivity contribution >= 4 is 22.7 Å². The van der Waals surface area contributed by atoms with E-state index in [1.54, 1.807) is 13.4 Å². The van der Waals surface area contributed by atoms with Crippen LogP contribution in [0.5, 0.6) is 5.75 Å². The van der Waals surface area contributed by atoms with E-state index in [-0.39, 0.29) is 0 Å². The zero-order valence-electron chi connectivity index (χ0n) is 18.0. The number of aryl methyl sites for hydroxylation is 1. The zero-order chi connectivity index (χ0) is 21.9. The molecule has 0 unspecified atom stereocenters. The Balaban J connectivity index is 1.64. The smallest absolute Gasteiger partial charge is 0.166 e. The summed E-state index contributed by atoms with van der Waals surface area (Å²) < 4.78 is 7.49. The van der Waals surface area contributed by atoms with Gasteiger partial charge < -0.3 is 14.6 Å². The molecule has 0 bridgehead atoms. The van der Waals surface area contributed by atoms with Crippen LogP contribution < -0.4 is 10.1 Å². The van der Waals surface area contributed by atoms with Crippen LogP contribution in [0.1, 0.15) is 11.1 Å². The number of nitrogens with zero attached hydrogens (tertiary/aromatic N) is 4. The van der Waals surface area contributed by atoms with Crippen molar-refractivity contribution in [2.24, 2.45) is 0 Å². The van der Waals surface area contributed by atoms with Crippen LogP contribution in [0.2, 0.25) is 0 Å². The Morgan fingerprint density at radius 1 is 0.906 bits per heavy atom. The lowest BCUT2D eigenvalue weighted by atomic mass is 10.1. The highest BCUT2D eigenvalue weighted by Crippen LogP contribution is 2.30. The molecule has 0 saturated heterocycles. The maximum Gasteiger partial charge on any atom is 0.166 e. The molecule has 0 fully saturated rings. The quantitative estimate of drug-likeness (QED) is 0.386. The number of nitrogens with one attached hydrogen (secondary N) is 1. The molecule has 0 saturated carbocycles. The third-order valence-corrected chi connectivity index (χ3v) is 5.36. The van der Waals surface area contributed by atoms with Crippen molar-refractivity contribution in [1.29, 1.82) is 0 Å². The number of imidazole rings is 1. The number of hydrogen-bond donors (Lipinski definition) is 1. The van der Waals surface area contributed by atoms with Crippen molar-refractivity contribution in [2.75, 3.05) is 12.4 Å². The van der Waals surface area contributed by atoms with Crippen molar-refractivity contribution in [3.05, 3.63) is 96.3 Å². The van der Waals surface area contributed by atoms with E-state index >= 15 is 0 Å². The number of aromatic nitrogens is 4. The first-order valence-electron chi connectivity index (χ1n) is 10.4. The molecular formula is C26H23N5O. The normalized spacial score (nSPS) is 10.9. The number of benzene rings is 3. The Bertz CT molecular complexity index is 1360. The van der Waals surface area contributed by atoms with Gasteiger partial charge in [0.15, 0.2) is 17.0 Å². The third-order valence-electron chi connectivity index (χ3n) is 5.36. The highest BCUT2D eigenvalue weighted by atomic mass is 16.5. The molecule has 0 aliphatic heterocycles. The van der Waals surface area contributed by atoms with Gasteiger partial charge in [-0.3, -0.25) is 0 Å². The summed E-state index contributed by atoms with van der Waals surface area (Å²) in [6.07, 6.45) is 1.58. The van der Waals surface area contributed by atoms with Gasteiger partial charge in [0.2, 0.25) is 0 Å². The van der Waals surface area contributed by atoms with Gasteiger partial charge in [0.25, 0.3) is 0 Å². The van der Waals surface area contributed by atoms with Gasteiger partial charge >= 0.3 is 0 Å². The number of fused-ring (bicyclic) bond motifs is 1. The van der Waals surface area contributed by atoms with E-state index in [0.29, 0.717) is 12.4 Å². The molecule has 1 N–H and O–H groups in total. The van der Waals surface area contributed by atoms with Gasteiger partial charge in [-0.15, -0.1) is 0 Å². The summed E-state index contributed by atoms with van der Waals surface area (Å²) in [4.78, 5) is 14.1. The molecule has 0 radical (unpaired) electrons. The molecule has 5 aromatic rings. The predicted molar refractivity (Wildman–Crippen MR) is 127 cm³/mol. The van der Waals surface area contributed by atoms with Gasteiger partial charge in [0.05, 0.1) is 13.7 Å². The van der Waals surface area contributed by atoms with E-state index in [4.69, 9.17) is 9.72 Å². The van der Waals surface area contributed by atoms with Crippen molar-refractivity contribution in [1.82, 2.24) is 19.5 Å². The predicted octanol–water partition coefficient (Wildman–Crippen LogP) is 5.60. The molecule has 158 valence electrons. The topological polar surface area (TPSA) is 64.9 Å². The molecule has 0 aliphatic carbocycles. The average Bonchev–Trinajstić information content (AvgIpc) is 3.20. The highest BCUT2D eigenvalue weighted by Gasteiger charge is 2.18. The molecule has 0 aliphatic rings. The lowest BCUT2D eigenvalue weighted by molar-refractivity contribution is 0.415. The largest absolute Gasteiger partial charge is 0.497 e. The molecule has 32 heavy (non-hydrogen) atoms. The van der Waals surface area contributed by atoms with Crippen LogP contribution in [0.25, 0.3) is 22.6 Å². The average molecular weight is 422 g/mol. The molecule has 6 nitrogen and oxygen atoms in total. The Morgan fingerprint density at radius 3 is 2.50 bits per heavy atom. The summed E-state index contributed by atoms with van der Waals surface area (Å²) in [5.74, 6) is 2.29. The fourth-order valence-corrected chi connectivity index (χ4v) is 3.70. The first-order valence-corrected chi connectivity index (χ1v) is 10.4. The lowest BCUT2D eigenvalue weighted by Crippen LogP contribution is -2.03. The number of anilines is 2. The van der Waals surface area contributed by atoms with Crippen molar-refractivity contribution in [3.8, 4) is 17.1 Å². The monoisotopic (exact) mass is 421 g/mol. The summed E-state index contributed by atoms with van der Waals surface area (Å²) in [7, 11) is 1.65. The highest BCUT2D eigenvalue weighted by molar-refractivity contribution is 5.88. The first-order chi connectivity index (χ1) is 15.7. The summed E-state index contributed by atoms with van der Waals surface area (Å²) in [6, 6.07) is 26.5. The molecule has 0 atom stereocenters. The molecule has 5 rings (SSSR count). The van der Waals surface area contributed by atoms with Crippen molar-refractivity contribution in [2.45, 2.75) is 13.5 Å². The van der Waals surface area contributed by atoms with E-state index in [1.807, 2.05) is 42.5 Å². The standard InChI is InChI=1S/C26H23N5O/c1-18-11-13-20(14-12-18)25-30-23-24(29-21-9-6-10-22(15-21)32-2)27-17-28-26(23)31(25)16-19-7-4-3-5-8-19/h3-15,17H,16H2,1-2H3,(H,27,28,29). The minimum absolute atomic E-state index is 0.656. The van der Waals surface area contributed by atoms with Crippen LogP contribution in [-0.2, 0) is 6.54 Å². The number of methoxy groups -OCH3 is 1. The third kappa shape index (κ3) is 3.90. The second kappa shape index (κ2) is 8.51. The van der Waals surface area contributed by atoms with Crippen LogP contribution in [-0.4, -0.2) is 26.6 Å². The van der Waals surface area contributed by atoms with E-state index in [2.05, 4.69) is 63.2 Å². The molecule has 6 heteroatoms. The van der Waals surface area contributed by atoms with Crippen molar-refractivity contribution < 1.29 is 4.74 Å². The minimum atomic E-state index is 0.656. The van der Waals surface area contributed by atoms with Crippen LogP contribution in [0, 0.1) is 6.92 Å². The van der Waals surface area contributed by atoms with Crippen LogP contribution in [0.3, 0.4) is 0 Å². The van der Waals surface area contributed by atoms with Gasteiger partial charge in [-0.2, -0.15) is 0 Å². The lowest BCUT2D eigenvalue weighted by Gasteiger charge is -2.10. The van der Waals surface area contributed by atoms with Gasteiger partial charge in [0.1, 0.15) is 17.9 Å². The maximum atomic E-state index is 5.34. The van der Waals surface area contributed by atoms with Gasteiger partial charge in [-0.1, -0.05) is 66.2 Å². The van der Waals surface area contributed by atoms with Crippen molar-refractivity contribution in [3.63, 3.8) is 0 Å². The molecular weight excluding hydrogens is 398 g/mol. The Morgan fingerprint density at radius 2 is 1.72 bits per heavy atom. The fourth-order valence-electron chi connectivity index (χ4n) is 3.70. The van der Waals surface area contributed by atoms with Gasteiger partial charge in [-0.05, 0) is 24.6 Å². The van der Waals surface area contributed by atoms with Gasteiger partial charge in [0, 0.05) is 17.3 Å². The van der Waals surface area contributed by atoms with Crippen LogP contribution in [0.4, 0.5) is 11.5 Å². The van der Waals surface area contributed by atoms with E-state index in [1.165, 1.54) is 11.1 Å². The van der Waals surface area contributed by atoms with E-state index < -0.39 is 0 Å². The first kappa shape index (κ1) is 19.8. The maximum absolute atomic E-state index is 5.34. The molecule has 3 aromatic carbocycles. The molecule has 0 spiro atoms. The summed E-state index contributed by atoms with van der Waals surface area (Å²) >= 11 is 0. The zero-order valence-corrected chi connectivity index (χ0v) is 18.0. The second-order valence-corrected chi connectivity index (χ2v) is 7.62. The minimum Gasteiger partial charge on any atom is -0.497 e. The molecule has 0 amide bonds. The Labute approximate surface area is 186 Å². The molecule has 2 aromatic heterocycles. The summed E-state index contributed by atoms with van der Waals surface area (Å²) in [6.45, 7) is 2.74. The van der Waals surface area contributed by atoms with Gasteiger partial charge in [-0.25, -0.2) is 15.0 Å². The SMILES string of the molecule is COc1cccc(Nc2ncnc3c2nc(-c2ccc(C)cc2)n3Cc2ccccc2)c1. The second-order valence-electron chi connectivity index (χ2n) is 7.62. The fraction of sp³-hybridized carbons (Fsp3) is 0.115. The summed E-state index contributed by atoms with van der Waals surface area (Å²) in [5.41, 5.74) is 5.81. The van der Waals surface area contributed by atoms with Crippen LogP contribution in [0.15, 0.2) is 85.2 Å². The van der Waals surface area contributed by atoms with E-state index in [9.17, 15) is 0 Å². The van der Waals surface area contributed by atoms with Crippen LogP contribution >= 0.6 is 0 Å². The van der Waals surface area contributed by atoms with E-state index in [0.717, 1.165) is 34.0 Å². The Hall–Kier alpha value is -4.19. The molecule has 2 heterocycles. The number of hydrogen-bond acceptors (Lipinski definition) is 5. The number of rotatable bonds is 6. The summed E-state index contributed by atoms with van der Waals surface area (Å²) in [5, 5.41) is 3.38.